The first-order chi connectivity index (χ1) is 12.5. The van der Waals surface area contributed by atoms with Crippen molar-refractivity contribution in [3.8, 4) is 5.75 Å². The van der Waals surface area contributed by atoms with Crippen LogP contribution in [0.25, 0.3) is 11.0 Å². The van der Waals surface area contributed by atoms with E-state index in [0.717, 1.165) is 11.8 Å². The van der Waals surface area contributed by atoms with E-state index in [1.165, 1.54) is 18.2 Å². The molecule has 0 aliphatic carbocycles. The predicted molar refractivity (Wildman–Crippen MR) is 93.0 cm³/mol. The Morgan fingerprint density at radius 3 is 2.54 bits per heavy atom. The number of benzene rings is 2. The molecule has 6 nitrogen and oxygen atoms in total. The summed E-state index contributed by atoms with van der Waals surface area (Å²) in [6, 6.07) is 9.27. The number of esters is 1. The van der Waals surface area contributed by atoms with Gasteiger partial charge in [0.1, 0.15) is 22.6 Å². The third kappa shape index (κ3) is 2.55. The zero-order valence-corrected chi connectivity index (χ0v) is 13.9. The van der Waals surface area contributed by atoms with Crippen molar-refractivity contribution in [3.63, 3.8) is 0 Å². The van der Waals surface area contributed by atoms with Gasteiger partial charge >= 0.3 is 11.9 Å². The van der Waals surface area contributed by atoms with Crippen LogP contribution in [0.3, 0.4) is 0 Å². The van der Waals surface area contributed by atoms with Crippen LogP contribution >= 0.6 is 11.6 Å². The van der Waals surface area contributed by atoms with E-state index >= 15 is 0 Å². The van der Waals surface area contributed by atoms with Crippen molar-refractivity contribution in [2.75, 3.05) is 0 Å². The fourth-order valence-corrected chi connectivity index (χ4v) is 3.32. The molecule has 26 heavy (non-hydrogen) atoms. The predicted octanol–water partition coefficient (Wildman–Crippen LogP) is 3.59. The maximum Gasteiger partial charge on any atom is 0.335 e. The quantitative estimate of drug-likeness (QED) is 0.547. The van der Waals surface area contributed by atoms with Gasteiger partial charge in [-0.2, -0.15) is 0 Å². The Morgan fingerprint density at radius 1 is 1.12 bits per heavy atom. The lowest BCUT2D eigenvalue weighted by Crippen LogP contribution is -2.22. The lowest BCUT2D eigenvalue weighted by atomic mass is 9.85. The van der Waals surface area contributed by atoms with Gasteiger partial charge in [0.25, 0.3) is 0 Å². The highest BCUT2D eigenvalue weighted by Crippen LogP contribution is 2.42. The Kier molecular flexibility index (Phi) is 3.77. The number of ether oxygens (including phenoxy) is 1. The molecule has 7 heteroatoms. The maximum atomic E-state index is 12.3. The van der Waals surface area contributed by atoms with Crippen LogP contribution in [0.15, 0.2) is 51.9 Å². The molecule has 2 aromatic carbocycles. The number of carboxylic acid groups (broad SMARTS) is 1. The first kappa shape index (κ1) is 16.4. The van der Waals surface area contributed by atoms with E-state index in [2.05, 4.69) is 0 Å². The number of carboxylic acids is 1. The normalized spacial score (nSPS) is 16.2. The largest absolute Gasteiger partial charge is 0.478 e. The number of fused-ring (bicyclic) bond motifs is 3. The summed E-state index contributed by atoms with van der Waals surface area (Å²) in [5.41, 5.74) is 1.37. The molecule has 1 aliphatic rings. The fourth-order valence-electron chi connectivity index (χ4n) is 3.17. The van der Waals surface area contributed by atoms with Crippen LogP contribution in [0.1, 0.15) is 33.8 Å². The summed E-state index contributed by atoms with van der Waals surface area (Å²) >= 11 is 5.85. The molecule has 0 fully saturated rings. The molecule has 1 N–H and O–H groups in total. The van der Waals surface area contributed by atoms with Crippen LogP contribution in [0.5, 0.6) is 5.75 Å². The van der Waals surface area contributed by atoms with Crippen molar-refractivity contribution in [1.82, 2.24) is 0 Å². The Balaban J connectivity index is 1.95. The Hall–Kier alpha value is -3.12. The van der Waals surface area contributed by atoms with Crippen LogP contribution in [-0.2, 0) is 4.79 Å². The molecule has 3 aromatic rings. The minimum atomic E-state index is -1.04. The minimum Gasteiger partial charge on any atom is -0.478 e. The van der Waals surface area contributed by atoms with Gasteiger partial charge in [0, 0.05) is 11.5 Å². The summed E-state index contributed by atoms with van der Waals surface area (Å²) in [5.74, 6) is -1.57. The lowest BCUT2D eigenvalue weighted by molar-refractivity contribution is -0.135. The highest BCUT2D eigenvalue weighted by Gasteiger charge is 2.32. The van der Waals surface area contributed by atoms with Gasteiger partial charge in [-0.25, -0.2) is 4.79 Å². The van der Waals surface area contributed by atoms with Gasteiger partial charge in [0.05, 0.1) is 17.4 Å². The van der Waals surface area contributed by atoms with Gasteiger partial charge in [-0.15, -0.1) is 0 Å². The Labute approximate surface area is 151 Å². The third-order valence-corrected chi connectivity index (χ3v) is 4.66. The molecule has 0 spiro atoms. The molecule has 130 valence electrons. The standard InChI is InChI=1S/C19H11ClO6/c20-13-8-25-18-11(17(13)22)5-6-14-16(18)12(7-15(21)26-14)9-1-3-10(4-2-9)19(23)24/h1-6,8,12H,7H2,(H,23,24). The SMILES string of the molecule is O=C1CC(c2ccc(C(=O)O)cc2)c2c(ccc3c(=O)c(Cl)coc23)O1. The van der Waals surface area contributed by atoms with Crippen molar-refractivity contribution < 1.29 is 23.8 Å². The van der Waals surface area contributed by atoms with E-state index in [4.69, 9.17) is 25.9 Å². The van der Waals surface area contributed by atoms with Crippen LogP contribution in [0.2, 0.25) is 5.02 Å². The molecule has 1 atom stereocenters. The monoisotopic (exact) mass is 370 g/mol. The van der Waals surface area contributed by atoms with Crippen molar-refractivity contribution in [3.05, 3.63) is 74.6 Å². The van der Waals surface area contributed by atoms with Gasteiger partial charge in [-0.1, -0.05) is 23.7 Å². The topological polar surface area (TPSA) is 93.8 Å². The molecule has 0 amide bonds. The Morgan fingerprint density at radius 2 is 1.85 bits per heavy atom. The first-order valence-electron chi connectivity index (χ1n) is 7.73. The number of rotatable bonds is 2. The van der Waals surface area contributed by atoms with Gasteiger partial charge in [-0.05, 0) is 29.8 Å². The number of halogens is 1. The van der Waals surface area contributed by atoms with Crippen LogP contribution in [0.4, 0.5) is 0 Å². The second-order valence-electron chi connectivity index (χ2n) is 5.92. The molecule has 4 rings (SSSR count). The number of hydrogen-bond acceptors (Lipinski definition) is 5. The van der Waals surface area contributed by atoms with Crippen molar-refractivity contribution in [2.45, 2.75) is 12.3 Å². The van der Waals surface area contributed by atoms with Crippen LogP contribution < -0.4 is 10.2 Å². The highest BCUT2D eigenvalue weighted by molar-refractivity contribution is 6.30. The molecule has 1 unspecified atom stereocenters. The van der Waals surface area contributed by atoms with Crippen molar-refractivity contribution in [1.29, 1.82) is 0 Å². The molecule has 0 bridgehead atoms. The average Bonchev–Trinajstić information content (AvgIpc) is 2.63. The lowest BCUT2D eigenvalue weighted by Gasteiger charge is -2.25. The Bertz CT molecular complexity index is 1110. The number of carbonyl (C=O) groups excluding carboxylic acids is 1. The van der Waals surface area contributed by atoms with Gasteiger partial charge in [-0.3, -0.25) is 9.59 Å². The zero-order chi connectivity index (χ0) is 18.4. The van der Waals surface area contributed by atoms with E-state index in [1.54, 1.807) is 18.2 Å². The number of hydrogen-bond donors (Lipinski definition) is 1. The summed E-state index contributed by atoms with van der Waals surface area (Å²) in [4.78, 5) is 35.3. The van der Waals surface area contributed by atoms with E-state index in [1.807, 2.05) is 0 Å². The molecular formula is C19H11ClO6. The average molecular weight is 371 g/mol. The summed E-state index contributed by atoms with van der Waals surface area (Å²) in [7, 11) is 0. The molecule has 0 saturated carbocycles. The molecular weight excluding hydrogens is 360 g/mol. The van der Waals surface area contributed by atoms with Crippen molar-refractivity contribution in [2.24, 2.45) is 0 Å². The maximum absolute atomic E-state index is 12.3. The van der Waals surface area contributed by atoms with E-state index in [-0.39, 0.29) is 22.4 Å². The second kappa shape index (κ2) is 6.00. The minimum absolute atomic E-state index is 0.0346. The molecule has 1 aromatic heterocycles. The fraction of sp³-hybridized carbons (Fsp3) is 0.105. The zero-order valence-electron chi connectivity index (χ0n) is 13.2. The number of carbonyl (C=O) groups is 2. The smallest absolute Gasteiger partial charge is 0.335 e. The highest BCUT2D eigenvalue weighted by atomic mass is 35.5. The van der Waals surface area contributed by atoms with Crippen molar-refractivity contribution >= 4 is 34.5 Å². The number of aromatic carboxylic acids is 1. The molecule has 1 aliphatic heterocycles. The van der Waals surface area contributed by atoms with Gasteiger partial charge < -0.3 is 14.3 Å². The summed E-state index contributed by atoms with van der Waals surface area (Å²) in [6.07, 6.45) is 1.21. The summed E-state index contributed by atoms with van der Waals surface area (Å²) in [6.45, 7) is 0. The van der Waals surface area contributed by atoms with E-state index in [9.17, 15) is 14.4 Å². The third-order valence-electron chi connectivity index (χ3n) is 4.40. The van der Waals surface area contributed by atoms with Crippen LogP contribution in [-0.4, -0.2) is 17.0 Å². The summed E-state index contributed by atoms with van der Waals surface area (Å²) < 4.78 is 10.8. The summed E-state index contributed by atoms with van der Waals surface area (Å²) in [5, 5.41) is 9.31. The molecule has 2 heterocycles. The van der Waals surface area contributed by atoms with E-state index in [0.29, 0.717) is 22.3 Å². The van der Waals surface area contributed by atoms with Gasteiger partial charge in [0.15, 0.2) is 0 Å². The van der Waals surface area contributed by atoms with Crippen LogP contribution in [0, 0.1) is 0 Å². The van der Waals surface area contributed by atoms with E-state index < -0.39 is 17.9 Å². The first-order valence-corrected chi connectivity index (χ1v) is 8.11. The molecule has 0 saturated heterocycles. The molecule has 0 radical (unpaired) electrons. The second-order valence-corrected chi connectivity index (χ2v) is 6.33. The van der Waals surface area contributed by atoms with Gasteiger partial charge in [0.2, 0.25) is 5.43 Å².